The number of carboxylic acid groups (broad SMARTS) is 2. The van der Waals surface area contributed by atoms with Crippen LogP contribution in [0.2, 0.25) is 0 Å². The molecule has 3 aliphatic rings. The lowest BCUT2D eigenvalue weighted by Gasteiger charge is -2.48. The summed E-state index contributed by atoms with van der Waals surface area (Å²) < 4.78 is 44.3. The van der Waals surface area contributed by atoms with Crippen LogP contribution in [0, 0.1) is 11.8 Å². The van der Waals surface area contributed by atoms with Gasteiger partial charge in [0.2, 0.25) is 18.1 Å². The second-order valence-electron chi connectivity index (χ2n) is 29.8. The molecule has 4 aromatic rings. The van der Waals surface area contributed by atoms with E-state index in [9.17, 15) is 131 Å². The van der Waals surface area contributed by atoms with E-state index < -0.39 is 176 Å². The Morgan fingerprint density at radius 2 is 1.07 bits per heavy atom. The number of rotatable bonds is 40. The van der Waals surface area contributed by atoms with Gasteiger partial charge in [-0.05, 0) is 181 Å². The number of carbonyl (C=O) groups excluding carboxylic acids is 5. The van der Waals surface area contributed by atoms with E-state index in [0.717, 1.165) is 99.2 Å². The summed E-state index contributed by atoms with van der Waals surface area (Å²) in [5.74, 6) is -10.4. The van der Waals surface area contributed by atoms with Crippen LogP contribution in [0.25, 0.3) is 12.2 Å². The normalized spacial score (nSPS) is 23.9. The van der Waals surface area contributed by atoms with Crippen LogP contribution in [0.4, 0.5) is 0 Å². The zero-order valence-electron chi connectivity index (χ0n) is 69.3. The fraction of sp³-hybridized carbons (Fsp3) is 0.466. The summed E-state index contributed by atoms with van der Waals surface area (Å²) in [7, 11) is 0. The standard InChI is InChI=1S/C36H50O19.C22H18O12.C16H25NO.C14H24O2/c1-15-26(43)28(45)31(48)36(52-15)55-33-19(12-18(38)5-2-16-3-6-20(39)22(41)10-16)25(14-51-34-30(47)29(46)27(44)24(13-37)53-34)54-35(32(33)49)50-9-8-17-4-7-21(40)23(42)11-17;23-13-5-1-11(9-15(13)25)3-7-17(27)33-19(21(29)30)20(22(31)32)34-18(28)8-4-12-2-6-14(24)16(26)10-12;1-4-5-6-7-8-9-10-11-12-13-16(18)17-14-15(2)3;1-5-14(4,16)10-8-6-7-9-12(2)11-13(3)15/h3-4,6-7,10-11,15,19,24-37,39-49H,2,5,8-9,12-14H2,1H3;1-10,19-20,23-26H,(H,29,30)(H,31,32);4-9,12-13,15H,10-11,14H2,1-3H3,(H,17,18);5,9,16H,1,6-8,10-11H2,2-4H3/b;7-3+,8-4+;5-4+,7-6+,9-8-,13-12+;12-9+. The van der Waals surface area contributed by atoms with Crippen molar-refractivity contribution in [1.82, 2.24) is 5.32 Å². The Morgan fingerprint density at radius 1 is 0.569 bits per heavy atom. The molecule has 3 aliphatic heterocycles. The molecule has 7 rings (SSSR count). The Bertz CT molecular complexity index is 4170. The highest BCUT2D eigenvalue weighted by atomic mass is 16.7. The minimum Gasteiger partial charge on any atom is -0.504 e. The Balaban J connectivity index is 0.000000394. The van der Waals surface area contributed by atoms with Crippen LogP contribution in [0.3, 0.4) is 0 Å². The predicted molar refractivity (Wildman–Crippen MR) is 443 cm³/mol. The number of amides is 1. The van der Waals surface area contributed by atoms with Crippen LogP contribution >= 0.6 is 0 Å². The van der Waals surface area contributed by atoms with E-state index >= 15 is 0 Å². The van der Waals surface area contributed by atoms with Crippen molar-refractivity contribution in [2.75, 3.05) is 26.4 Å². The van der Waals surface area contributed by atoms with E-state index in [-0.39, 0.29) is 78.1 Å². The predicted octanol–water partition coefficient (Wildman–Crippen LogP) is 5.81. The van der Waals surface area contributed by atoms with Crippen molar-refractivity contribution in [3.8, 4) is 46.0 Å². The fourth-order valence-electron chi connectivity index (χ4n) is 11.9. The van der Waals surface area contributed by atoms with Crippen molar-refractivity contribution in [2.24, 2.45) is 11.8 Å². The van der Waals surface area contributed by atoms with Gasteiger partial charge >= 0.3 is 23.9 Å². The molecule has 4 aromatic carbocycles. The number of Topliss-reactive ketones (excluding diaryl/α,β-unsaturated/α-hetero) is 2. The number of aliphatic carboxylic acids is 2. The topological polar surface area (TPSA) is 590 Å². The molecule has 123 heavy (non-hydrogen) atoms. The van der Waals surface area contributed by atoms with E-state index in [4.69, 9.17) is 28.4 Å². The summed E-state index contributed by atoms with van der Waals surface area (Å²) >= 11 is 0. The third-order valence-electron chi connectivity index (χ3n) is 18.9. The molecule has 3 heterocycles. The maximum Gasteiger partial charge on any atom is 0.349 e. The number of ether oxygens (including phenoxy) is 8. The van der Waals surface area contributed by atoms with Crippen molar-refractivity contribution >= 4 is 53.5 Å². The van der Waals surface area contributed by atoms with Gasteiger partial charge in [-0.15, -0.1) is 6.58 Å². The fourth-order valence-corrected chi connectivity index (χ4v) is 11.9. The van der Waals surface area contributed by atoms with Gasteiger partial charge in [-0.1, -0.05) is 98.4 Å². The number of ketones is 2. The molecular formula is C88H117NO34. The van der Waals surface area contributed by atoms with Gasteiger partial charge in [0.25, 0.3) is 0 Å². The molecule has 0 spiro atoms. The molecule has 20 N–H and O–H groups in total. The van der Waals surface area contributed by atoms with E-state index in [1.807, 2.05) is 50.3 Å². The van der Waals surface area contributed by atoms with Gasteiger partial charge in [-0.25, -0.2) is 19.2 Å². The maximum atomic E-state index is 13.6. The number of carbonyl (C=O) groups is 7. The summed E-state index contributed by atoms with van der Waals surface area (Å²) in [5.41, 5.74) is 1.92. The number of phenolic OH excluding ortho intramolecular Hbond substituents is 8. The first-order valence-electron chi connectivity index (χ1n) is 39.5. The average molecular weight is 1730 g/mol. The molecule has 3 fully saturated rings. The van der Waals surface area contributed by atoms with Crippen molar-refractivity contribution in [2.45, 2.75) is 223 Å². The van der Waals surface area contributed by atoms with Crippen molar-refractivity contribution in [1.29, 1.82) is 0 Å². The van der Waals surface area contributed by atoms with Gasteiger partial charge < -0.3 is 140 Å². The molecule has 0 aliphatic carbocycles. The number of esters is 2. The summed E-state index contributed by atoms with van der Waals surface area (Å²) in [6, 6.07) is 15.3. The van der Waals surface area contributed by atoms with Crippen LogP contribution in [0.15, 0.2) is 158 Å². The highest BCUT2D eigenvalue weighted by molar-refractivity contribution is 5.94. The van der Waals surface area contributed by atoms with Crippen LogP contribution in [0.1, 0.15) is 129 Å². The molecule has 18 unspecified atom stereocenters. The third kappa shape index (κ3) is 37.1. The van der Waals surface area contributed by atoms with E-state index in [1.165, 1.54) is 55.5 Å². The number of nitrogens with one attached hydrogen (secondary N) is 1. The molecule has 678 valence electrons. The molecule has 0 saturated carbocycles. The van der Waals surface area contributed by atoms with Gasteiger partial charge in [-0.2, -0.15) is 0 Å². The number of aryl methyl sites for hydroxylation is 1. The number of allylic oxidation sites excluding steroid dienone is 9. The number of benzene rings is 4. The Labute approximate surface area is 711 Å². The van der Waals surface area contributed by atoms with Crippen molar-refractivity contribution < 1.29 is 168 Å². The monoisotopic (exact) mass is 1730 g/mol. The summed E-state index contributed by atoms with van der Waals surface area (Å²) in [6.45, 7) is 15.9. The third-order valence-corrected chi connectivity index (χ3v) is 18.9. The number of carboxylic acids is 2. The SMILES string of the molecule is C/C=C/C=C/C=C\CC/C=C/C(=O)NCC(C)C.C=CC(C)(O)CCCC/C=C(\C)CC(C)=O.CC1OC(OC2C(O)C(OCCc3ccc(O)c(O)c3)OC(COC3OC(CO)C(O)C(O)C3O)C2CC(=O)CCc2ccc(O)c(O)c2)C(O)C(O)C1O.O=C(/C=C/c1ccc(O)c(O)c1)OC(C(=O)O)C(OC(=O)/C=C/c1ccc(O)c(O)c1)C(=O)O. The molecular weight excluding hydrogens is 1610 g/mol. The number of unbranched alkanes of at least 4 members (excludes halogenated alkanes) is 3. The van der Waals surface area contributed by atoms with Crippen molar-refractivity contribution in [3.63, 3.8) is 0 Å². The summed E-state index contributed by atoms with van der Waals surface area (Å²) in [6.07, 6.45) is 2.27. The van der Waals surface area contributed by atoms with Gasteiger partial charge in [0.05, 0.1) is 43.7 Å². The van der Waals surface area contributed by atoms with E-state index in [2.05, 4.69) is 47.4 Å². The number of hydrogen-bond acceptors (Lipinski definition) is 32. The summed E-state index contributed by atoms with van der Waals surface area (Å²) in [5, 5.41) is 192. The van der Waals surface area contributed by atoms with Gasteiger partial charge in [-0.3, -0.25) is 14.4 Å². The summed E-state index contributed by atoms with van der Waals surface area (Å²) in [4.78, 5) is 82.7. The van der Waals surface area contributed by atoms with Crippen LogP contribution in [-0.2, 0) is 84.3 Å². The highest BCUT2D eigenvalue weighted by Crippen LogP contribution is 2.38. The number of hydrogen-bond donors (Lipinski definition) is 20. The molecule has 18 atom stereocenters. The number of phenols is 8. The van der Waals surface area contributed by atoms with Gasteiger partial charge in [0.15, 0.2) is 64.9 Å². The van der Waals surface area contributed by atoms with Gasteiger partial charge in [0, 0.05) is 43.9 Å². The molecule has 3 saturated heterocycles. The average Bonchev–Trinajstić information content (AvgIpc) is 0.775. The first kappa shape index (κ1) is 105. The molecule has 35 heteroatoms. The van der Waals surface area contributed by atoms with E-state index in [1.54, 1.807) is 26.0 Å². The lowest BCUT2D eigenvalue weighted by Crippen LogP contribution is -2.63. The molecule has 1 amide bonds. The van der Waals surface area contributed by atoms with E-state index in [0.29, 0.717) is 23.5 Å². The molecule has 0 radical (unpaired) electrons. The minimum atomic E-state index is -2.40. The second kappa shape index (κ2) is 53.4. The Hall–Kier alpha value is -10.7. The molecule has 35 nitrogen and oxygen atoms in total. The van der Waals surface area contributed by atoms with Gasteiger partial charge in [0.1, 0.15) is 60.4 Å². The number of aromatic hydroxyl groups is 8. The zero-order chi connectivity index (χ0) is 91.8. The largest absolute Gasteiger partial charge is 0.504 e. The Kier molecular flexibility index (Phi) is 45.4. The number of aliphatic hydroxyl groups is 9. The lowest BCUT2D eigenvalue weighted by atomic mass is 9.83. The first-order chi connectivity index (χ1) is 58.1. The van der Waals surface area contributed by atoms with Crippen LogP contribution in [0.5, 0.6) is 46.0 Å². The lowest BCUT2D eigenvalue weighted by molar-refractivity contribution is -0.358. The molecule has 0 bridgehead atoms. The number of aliphatic hydroxyl groups excluding tert-OH is 8. The quantitative estimate of drug-likeness (QED) is 0.00623. The maximum absolute atomic E-state index is 13.6. The first-order valence-corrected chi connectivity index (χ1v) is 39.5. The van der Waals surface area contributed by atoms with Crippen LogP contribution < -0.4 is 5.32 Å². The van der Waals surface area contributed by atoms with Crippen molar-refractivity contribution in [3.05, 3.63) is 180 Å². The van der Waals surface area contributed by atoms with Crippen LogP contribution in [-0.4, -0.2) is 269 Å². The minimum absolute atomic E-state index is 0.000610. The zero-order valence-corrected chi connectivity index (χ0v) is 69.3. The Morgan fingerprint density at radius 3 is 1.59 bits per heavy atom. The second-order valence-corrected chi connectivity index (χ2v) is 29.8. The smallest absolute Gasteiger partial charge is 0.349 e. The highest BCUT2D eigenvalue weighted by Gasteiger charge is 2.53. The molecule has 0 aromatic heterocycles.